The van der Waals surface area contributed by atoms with E-state index in [0.29, 0.717) is 31.8 Å². The van der Waals surface area contributed by atoms with Crippen molar-refractivity contribution in [3.63, 3.8) is 0 Å². The highest BCUT2D eigenvalue weighted by Crippen LogP contribution is 2.65. The molecule has 5 rings (SSSR count). The highest BCUT2D eigenvalue weighted by atomic mass is 32.2. The van der Waals surface area contributed by atoms with Crippen molar-refractivity contribution in [3.05, 3.63) is 48.6 Å². The second-order valence-electron chi connectivity index (χ2n) is 10.3. The third-order valence-corrected chi connectivity index (χ3v) is 9.87. The predicted octanol–water partition coefficient (Wildman–Crippen LogP) is 2.48. The fraction of sp³-hybridized carbons (Fsp3) is 0.536. The maximum Gasteiger partial charge on any atom is 0.251 e. The first-order chi connectivity index (χ1) is 17.8. The predicted molar refractivity (Wildman–Crippen MR) is 143 cm³/mol. The molecule has 37 heavy (non-hydrogen) atoms. The molecule has 3 amide bonds. The smallest absolute Gasteiger partial charge is 0.251 e. The topological polar surface area (TPSA) is 90.4 Å². The van der Waals surface area contributed by atoms with Crippen molar-refractivity contribution in [3.8, 4) is 5.75 Å². The second kappa shape index (κ2) is 9.83. The van der Waals surface area contributed by atoms with Crippen LogP contribution < -0.4 is 9.64 Å². The van der Waals surface area contributed by atoms with Crippen LogP contribution in [0, 0.1) is 11.8 Å². The Morgan fingerprint density at radius 2 is 1.73 bits per heavy atom. The van der Waals surface area contributed by atoms with Gasteiger partial charge < -0.3 is 24.5 Å². The molecule has 0 radical (unpaired) electrons. The second-order valence-corrected chi connectivity index (χ2v) is 12.1. The lowest BCUT2D eigenvalue weighted by Gasteiger charge is -2.36. The van der Waals surface area contributed by atoms with Crippen molar-refractivity contribution in [2.24, 2.45) is 11.8 Å². The number of hydrogen-bond acceptors (Lipinski definition) is 6. The number of rotatable bonds is 7. The minimum absolute atomic E-state index is 0.0167. The maximum atomic E-state index is 14.3. The molecule has 0 bridgehead atoms. The fourth-order valence-electron chi connectivity index (χ4n) is 6.52. The largest absolute Gasteiger partial charge is 0.497 e. The van der Waals surface area contributed by atoms with Crippen molar-refractivity contribution in [1.29, 1.82) is 0 Å². The van der Waals surface area contributed by atoms with E-state index in [1.54, 1.807) is 28.7 Å². The normalized spacial score (nSPS) is 32.8. The number of benzene rings is 1. The Hall–Kier alpha value is -2.78. The van der Waals surface area contributed by atoms with E-state index < -0.39 is 27.4 Å². The molecule has 1 aromatic carbocycles. The zero-order chi connectivity index (χ0) is 26.4. The molecule has 5 atom stereocenters. The van der Waals surface area contributed by atoms with Crippen LogP contribution in [-0.4, -0.2) is 88.1 Å². The average molecular weight is 526 g/mol. The van der Waals surface area contributed by atoms with Crippen molar-refractivity contribution in [1.82, 2.24) is 9.80 Å². The van der Waals surface area contributed by atoms with Gasteiger partial charge in [-0.25, -0.2) is 0 Å². The Morgan fingerprint density at radius 3 is 2.41 bits per heavy atom. The third kappa shape index (κ3) is 3.98. The number of methoxy groups -OCH3 is 1. The van der Waals surface area contributed by atoms with Gasteiger partial charge in [0, 0.05) is 43.2 Å². The van der Waals surface area contributed by atoms with E-state index in [-0.39, 0.29) is 30.9 Å². The minimum atomic E-state index is -0.876. The number of anilines is 1. The number of nitrogens with zero attached hydrogens (tertiary/aromatic N) is 3. The van der Waals surface area contributed by atoms with Crippen LogP contribution in [0.25, 0.3) is 0 Å². The lowest BCUT2D eigenvalue weighted by atomic mass is 9.74. The molecule has 0 aromatic heterocycles. The van der Waals surface area contributed by atoms with Gasteiger partial charge in [0.15, 0.2) is 0 Å². The van der Waals surface area contributed by atoms with E-state index in [2.05, 4.69) is 6.08 Å². The molecule has 0 aliphatic carbocycles. The van der Waals surface area contributed by atoms with Crippen LogP contribution in [0.1, 0.15) is 26.7 Å². The molecule has 4 aliphatic heterocycles. The summed E-state index contributed by atoms with van der Waals surface area (Å²) >= 11 is 1.58. The van der Waals surface area contributed by atoms with Crippen LogP contribution in [0.4, 0.5) is 5.69 Å². The number of aliphatic hydroxyl groups excluding tert-OH is 1. The quantitative estimate of drug-likeness (QED) is 0.550. The molecule has 198 valence electrons. The van der Waals surface area contributed by atoms with Gasteiger partial charge in [-0.2, -0.15) is 0 Å². The summed E-state index contributed by atoms with van der Waals surface area (Å²) in [7, 11) is 1.60. The molecule has 1 unspecified atom stereocenters. The van der Waals surface area contributed by atoms with Gasteiger partial charge in [-0.05, 0) is 44.0 Å². The van der Waals surface area contributed by atoms with Crippen LogP contribution >= 0.6 is 11.8 Å². The number of carbonyl (C=O) groups excluding carboxylic acids is 3. The zero-order valence-electron chi connectivity index (χ0n) is 21.6. The summed E-state index contributed by atoms with van der Waals surface area (Å²) in [6.45, 7) is 5.79. The van der Waals surface area contributed by atoms with Gasteiger partial charge in [0.25, 0.3) is 5.91 Å². The molecule has 4 aliphatic rings. The van der Waals surface area contributed by atoms with Crippen molar-refractivity contribution in [2.75, 3.05) is 44.8 Å². The number of likely N-dealkylation sites (tertiary alicyclic amines) is 1. The molecule has 1 aromatic rings. The van der Waals surface area contributed by atoms with Gasteiger partial charge in [0.2, 0.25) is 11.8 Å². The van der Waals surface area contributed by atoms with E-state index in [0.717, 1.165) is 12.1 Å². The first-order valence-corrected chi connectivity index (χ1v) is 13.8. The van der Waals surface area contributed by atoms with Gasteiger partial charge >= 0.3 is 0 Å². The summed E-state index contributed by atoms with van der Waals surface area (Å²) in [6.07, 6.45) is 9.31. The number of hydrogen-bond donors (Lipinski definition) is 1. The van der Waals surface area contributed by atoms with E-state index in [9.17, 15) is 19.5 Å². The molecule has 9 heteroatoms. The SMILES string of the molecule is CCCN1CC=C[C@]2(C)S[C@]34C=CCN(c5ccc(OC)cc5)C(=O)C3N(CCCO)C(=O)[C@@H]4[C@@H]2C1=O. The maximum absolute atomic E-state index is 14.3. The molecule has 1 spiro atoms. The van der Waals surface area contributed by atoms with Gasteiger partial charge in [-0.15, -0.1) is 11.8 Å². The molecule has 4 heterocycles. The number of ether oxygens (including phenoxy) is 1. The number of amides is 3. The summed E-state index contributed by atoms with van der Waals surface area (Å²) < 4.78 is 3.79. The monoisotopic (exact) mass is 525 g/mol. The van der Waals surface area contributed by atoms with Gasteiger partial charge in [-0.3, -0.25) is 14.4 Å². The zero-order valence-corrected chi connectivity index (χ0v) is 22.4. The van der Waals surface area contributed by atoms with Gasteiger partial charge in [0.1, 0.15) is 11.8 Å². The first-order valence-electron chi connectivity index (χ1n) is 13.0. The lowest BCUT2D eigenvalue weighted by molar-refractivity contribution is -0.143. The van der Waals surface area contributed by atoms with E-state index >= 15 is 0 Å². The number of fused-ring (bicyclic) bond motifs is 2. The number of thioether (sulfide) groups is 1. The Kier molecular flexibility index (Phi) is 6.87. The molecule has 2 saturated heterocycles. The van der Waals surface area contributed by atoms with Crippen molar-refractivity contribution < 1.29 is 24.2 Å². The molecular formula is C28H35N3O5S. The van der Waals surface area contributed by atoms with Gasteiger partial charge in [-0.1, -0.05) is 31.2 Å². The Balaban J connectivity index is 1.60. The lowest BCUT2D eigenvalue weighted by Crippen LogP contribution is -2.53. The van der Waals surface area contributed by atoms with Crippen LogP contribution in [0.2, 0.25) is 0 Å². The van der Waals surface area contributed by atoms with Gasteiger partial charge in [0.05, 0.1) is 23.7 Å². The Morgan fingerprint density at radius 1 is 1.00 bits per heavy atom. The third-order valence-electron chi connectivity index (χ3n) is 8.08. The highest BCUT2D eigenvalue weighted by Gasteiger charge is 2.73. The Bertz CT molecular complexity index is 1140. The summed E-state index contributed by atoms with van der Waals surface area (Å²) in [4.78, 5) is 47.6. The van der Waals surface area contributed by atoms with E-state index in [1.165, 1.54) is 0 Å². The van der Waals surface area contributed by atoms with E-state index in [1.807, 2.05) is 61.2 Å². The van der Waals surface area contributed by atoms with Crippen LogP contribution in [0.3, 0.4) is 0 Å². The summed E-state index contributed by atoms with van der Waals surface area (Å²) in [5.41, 5.74) is 0.721. The fourth-order valence-corrected chi connectivity index (χ4v) is 8.68. The van der Waals surface area contributed by atoms with Crippen LogP contribution in [0.15, 0.2) is 48.6 Å². The molecule has 0 saturated carbocycles. The summed E-state index contributed by atoms with van der Waals surface area (Å²) in [6, 6.07) is 6.54. The van der Waals surface area contributed by atoms with Crippen LogP contribution in [-0.2, 0) is 14.4 Å². The minimum Gasteiger partial charge on any atom is -0.497 e. The molecule has 8 nitrogen and oxygen atoms in total. The summed E-state index contributed by atoms with van der Waals surface area (Å²) in [5.74, 6) is -0.886. The first kappa shape index (κ1) is 25.9. The van der Waals surface area contributed by atoms with Crippen molar-refractivity contribution in [2.45, 2.75) is 42.2 Å². The molecule has 2 fully saturated rings. The number of carbonyl (C=O) groups is 3. The Labute approximate surface area is 222 Å². The molecular weight excluding hydrogens is 490 g/mol. The standard InChI is InChI=1S/C28H35N3O5S/c1-4-14-29-15-5-12-27(2)21(24(29)33)22-25(34)31(17-7-18-32)23-26(35)30(16-6-13-28(22,23)37-27)19-8-10-20(36-3)11-9-19/h5-6,8-13,21-23,32H,4,7,14-18H2,1-3H3/t21-,22+,23?,27+,28+/m1/s1. The molecule has 1 N–H and O–H groups in total. The summed E-state index contributed by atoms with van der Waals surface area (Å²) in [5, 5.41) is 9.58. The van der Waals surface area contributed by atoms with Crippen molar-refractivity contribution >= 4 is 35.2 Å². The highest BCUT2D eigenvalue weighted by molar-refractivity contribution is 8.02. The average Bonchev–Trinajstić information content (AvgIpc) is 3.16. The van der Waals surface area contributed by atoms with E-state index in [4.69, 9.17) is 4.74 Å². The number of aliphatic hydroxyl groups is 1. The van der Waals surface area contributed by atoms with Crippen LogP contribution in [0.5, 0.6) is 5.75 Å².